The summed E-state index contributed by atoms with van der Waals surface area (Å²) in [6, 6.07) is 12.5. The van der Waals surface area contributed by atoms with Crippen molar-refractivity contribution in [1.29, 1.82) is 0 Å². The van der Waals surface area contributed by atoms with E-state index in [2.05, 4.69) is 11.8 Å². The van der Waals surface area contributed by atoms with E-state index in [0.29, 0.717) is 11.5 Å². The highest BCUT2D eigenvalue weighted by molar-refractivity contribution is 5.47. The fraction of sp³-hybridized carbons (Fsp3) is 0.455. The van der Waals surface area contributed by atoms with Crippen molar-refractivity contribution in [3.8, 4) is 11.5 Å². The van der Waals surface area contributed by atoms with E-state index in [1.165, 1.54) is 12.1 Å². The van der Waals surface area contributed by atoms with Crippen molar-refractivity contribution in [2.75, 3.05) is 27.3 Å². The van der Waals surface area contributed by atoms with Gasteiger partial charge in [0.2, 0.25) is 0 Å². The minimum Gasteiger partial charge on any atom is -0.493 e. The van der Waals surface area contributed by atoms with Crippen LogP contribution < -0.4 is 9.47 Å². The zero-order chi connectivity index (χ0) is 19.4. The Balaban J connectivity index is 1.86. The maximum atomic E-state index is 13.3. The molecule has 0 saturated carbocycles. The number of hydrogen-bond donors (Lipinski definition) is 1. The summed E-state index contributed by atoms with van der Waals surface area (Å²) in [5, 5.41) is 11.1. The van der Waals surface area contributed by atoms with Gasteiger partial charge in [-0.15, -0.1) is 0 Å². The second-order valence-corrected chi connectivity index (χ2v) is 7.01. The van der Waals surface area contributed by atoms with Gasteiger partial charge in [-0.3, -0.25) is 4.90 Å². The van der Waals surface area contributed by atoms with Crippen LogP contribution in [0.2, 0.25) is 0 Å². The topological polar surface area (TPSA) is 41.9 Å². The fourth-order valence-electron chi connectivity index (χ4n) is 4.14. The van der Waals surface area contributed by atoms with Gasteiger partial charge >= 0.3 is 0 Å². The second-order valence-electron chi connectivity index (χ2n) is 7.01. The summed E-state index contributed by atoms with van der Waals surface area (Å²) in [5.41, 5.74) is 1.84. The van der Waals surface area contributed by atoms with Gasteiger partial charge in [-0.2, -0.15) is 0 Å². The van der Waals surface area contributed by atoms with Crippen LogP contribution in [0.4, 0.5) is 4.39 Å². The van der Waals surface area contributed by atoms with E-state index in [1.54, 1.807) is 14.2 Å². The third kappa shape index (κ3) is 4.09. The number of aliphatic hydroxyl groups is 1. The molecule has 0 aromatic heterocycles. The Kier molecular flexibility index (Phi) is 6.34. The first-order chi connectivity index (χ1) is 13.1. The van der Waals surface area contributed by atoms with Gasteiger partial charge in [-0.1, -0.05) is 31.2 Å². The van der Waals surface area contributed by atoms with Gasteiger partial charge in [0.25, 0.3) is 0 Å². The molecule has 1 aliphatic heterocycles. The van der Waals surface area contributed by atoms with Crippen LogP contribution in [0.5, 0.6) is 11.5 Å². The van der Waals surface area contributed by atoms with Crippen molar-refractivity contribution in [2.45, 2.75) is 31.9 Å². The molecular formula is C22H28FNO3. The van der Waals surface area contributed by atoms with E-state index in [9.17, 15) is 9.50 Å². The van der Waals surface area contributed by atoms with Crippen molar-refractivity contribution in [2.24, 2.45) is 5.92 Å². The molecular weight excluding hydrogens is 345 g/mol. The van der Waals surface area contributed by atoms with Crippen LogP contribution in [0.3, 0.4) is 0 Å². The molecule has 1 aliphatic rings. The molecule has 1 N–H and O–H groups in total. The van der Waals surface area contributed by atoms with Gasteiger partial charge in [0.1, 0.15) is 5.82 Å². The number of rotatable bonds is 6. The molecule has 0 aliphatic carbocycles. The van der Waals surface area contributed by atoms with E-state index in [4.69, 9.17) is 9.47 Å². The number of aliphatic hydroxyl groups excluding tert-OH is 1. The lowest BCUT2D eigenvalue weighted by Gasteiger charge is -2.41. The quantitative estimate of drug-likeness (QED) is 0.817. The molecule has 5 heteroatoms. The lowest BCUT2D eigenvalue weighted by Crippen LogP contribution is -2.38. The molecule has 4 nitrogen and oxygen atoms in total. The first-order valence-electron chi connectivity index (χ1n) is 9.47. The Bertz CT molecular complexity index is 750. The summed E-state index contributed by atoms with van der Waals surface area (Å²) >= 11 is 0. The predicted molar refractivity (Wildman–Crippen MR) is 104 cm³/mol. The normalized spacial score (nSPS) is 21.7. The maximum absolute atomic E-state index is 13.3. The number of benzene rings is 2. The number of piperidine rings is 1. The van der Waals surface area contributed by atoms with Crippen LogP contribution in [0.1, 0.15) is 43.0 Å². The van der Waals surface area contributed by atoms with Gasteiger partial charge in [0.05, 0.1) is 20.3 Å². The Hall–Kier alpha value is -2.11. The van der Waals surface area contributed by atoms with E-state index in [0.717, 1.165) is 37.1 Å². The number of ether oxygens (including phenoxy) is 2. The van der Waals surface area contributed by atoms with Gasteiger partial charge < -0.3 is 14.6 Å². The summed E-state index contributed by atoms with van der Waals surface area (Å²) in [6.45, 7) is 3.96. The highest BCUT2D eigenvalue weighted by atomic mass is 19.1. The number of likely N-dealkylation sites (tertiary alicyclic amines) is 1. The number of methoxy groups -OCH3 is 2. The smallest absolute Gasteiger partial charge is 0.166 e. The van der Waals surface area contributed by atoms with E-state index >= 15 is 0 Å². The molecule has 1 saturated heterocycles. The SMILES string of the molecule is CCN1CCC(C(O)c2cccc(OC)c2OC)CC1c1ccc(F)cc1. The molecule has 2 aromatic carbocycles. The van der Waals surface area contributed by atoms with Crippen molar-refractivity contribution in [1.82, 2.24) is 4.90 Å². The molecule has 0 amide bonds. The second kappa shape index (κ2) is 8.72. The van der Waals surface area contributed by atoms with Crippen LogP contribution in [-0.4, -0.2) is 37.3 Å². The maximum Gasteiger partial charge on any atom is 0.166 e. The highest BCUT2D eigenvalue weighted by Gasteiger charge is 2.34. The molecule has 146 valence electrons. The van der Waals surface area contributed by atoms with Crippen molar-refractivity contribution in [3.05, 3.63) is 59.4 Å². The van der Waals surface area contributed by atoms with E-state index in [-0.39, 0.29) is 17.8 Å². The zero-order valence-corrected chi connectivity index (χ0v) is 16.2. The van der Waals surface area contributed by atoms with Gasteiger partial charge in [0.15, 0.2) is 11.5 Å². The Morgan fingerprint density at radius 3 is 2.52 bits per heavy atom. The van der Waals surface area contributed by atoms with Gasteiger partial charge in [0, 0.05) is 11.6 Å². The van der Waals surface area contributed by atoms with Crippen molar-refractivity contribution in [3.63, 3.8) is 0 Å². The summed E-state index contributed by atoms with van der Waals surface area (Å²) < 4.78 is 24.2. The molecule has 3 unspecified atom stereocenters. The molecule has 0 bridgehead atoms. The van der Waals surface area contributed by atoms with Crippen molar-refractivity contribution < 1.29 is 19.0 Å². The van der Waals surface area contributed by atoms with Crippen LogP contribution in [-0.2, 0) is 0 Å². The first-order valence-corrected chi connectivity index (χ1v) is 9.47. The minimum absolute atomic E-state index is 0.0869. The fourth-order valence-corrected chi connectivity index (χ4v) is 4.14. The molecule has 2 aromatic rings. The molecule has 0 radical (unpaired) electrons. The standard InChI is InChI=1S/C22H28FNO3/c1-4-24-13-12-16(14-19(24)15-8-10-17(23)11-9-15)21(25)18-6-5-7-20(26-2)22(18)27-3/h5-11,16,19,21,25H,4,12-14H2,1-3H3. The van der Waals surface area contributed by atoms with Crippen LogP contribution in [0.15, 0.2) is 42.5 Å². The number of para-hydroxylation sites is 1. The Morgan fingerprint density at radius 1 is 1.15 bits per heavy atom. The third-order valence-corrected chi connectivity index (χ3v) is 5.61. The predicted octanol–water partition coefficient (Wildman–Crippen LogP) is 4.35. The van der Waals surface area contributed by atoms with Crippen LogP contribution in [0.25, 0.3) is 0 Å². The van der Waals surface area contributed by atoms with Crippen LogP contribution in [0, 0.1) is 11.7 Å². The van der Waals surface area contributed by atoms with Gasteiger partial charge in [-0.25, -0.2) is 4.39 Å². The lowest BCUT2D eigenvalue weighted by atomic mass is 9.81. The zero-order valence-electron chi connectivity index (χ0n) is 16.2. The summed E-state index contributed by atoms with van der Waals surface area (Å²) in [4.78, 5) is 2.39. The molecule has 1 fully saturated rings. The monoisotopic (exact) mass is 373 g/mol. The van der Waals surface area contributed by atoms with E-state index < -0.39 is 6.10 Å². The third-order valence-electron chi connectivity index (χ3n) is 5.61. The average Bonchev–Trinajstić information content (AvgIpc) is 2.72. The number of nitrogens with zero attached hydrogens (tertiary/aromatic N) is 1. The average molecular weight is 373 g/mol. The summed E-state index contributed by atoms with van der Waals surface area (Å²) in [7, 11) is 3.19. The minimum atomic E-state index is -0.642. The lowest BCUT2D eigenvalue weighted by molar-refractivity contribution is 0.0297. The molecule has 1 heterocycles. The highest BCUT2D eigenvalue weighted by Crippen LogP contribution is 2.43. The largest absolute Gasteiger partial charge is 0.493 e. The van der Waals surface area contributed by atoms with Crippen LogP contribution >= 0.6 is 0 Å². The van der Waals surface area contributed by atoms with Gasteiger partial charge in [-0.05, 0) is 55.6 Å². The van der Waals surface area contributed by atoms with E-state index in [1.807, 2.05) is 30.3 Å². The number of hydrogen-bond acceptors (Lipinski definition) is 4. The molecule has 0 spiro atoms. The Labute approximate surface area is 160 Å². The summed E-state index contributed by atoms with van der Waals surface area (Å²) in [5.74, 6) is 1.07. The Morgan fingerprint density at radius 2 is 1.89 bits per heavy atom. The number of halogens is 1. The summed E-state index contributed by atoms with van der Waals surface area (Å²) in [6.07, 6.45) is 1.06. The molecule has 3 atom stereocenters. The molecule has 3 rings (SSSR count). The van der Waals surface area contributed by atoms with Crippen molar-refractivity contribution >= 4 is 0 Å². The molecule has 27 heavy (non-hydrogen) atoms. The first kappa shape index (κ1) is 19.6.